The lowest BCUT2D eigenvalue weighted by molar-refractivity contribution is -0.125. The number of rotatable bonds is 3. The molecule has 1 fully saturated rings. The van der Waals surface area contributed by atoms with Gasteiger partial charge < -0.3 is 4.74 Å². The van der Waals surface area contributed by atoms with Crippen LogP contribution in [0.3, 0.4) is 0 Å². The van der Waals surface area contributed by atoms with Crippen LogP contribution in [-0.2, 0) is 4.79 Å². The maximum Gasteiger partial charge on any atom is 0.136 e. The fourth-order valence-corrected chi connectivity index (χ4v) is 4.38. The number of benzene rings is 1. The molecule has 98 valence electrons. The van der Waals surface area contributed by atoms with Gasteiger partial charge in [0.25, 0.3) is 0 Å². The van der Waals surface area contributed by atoms with Gasteiger partial charge in [0.15, 0.2) is 0 Å². The maximum atomic E-state index is 11.9. The van der Waals surface area contributed by atoms with Crippen LogP contribution in [0.15, 0.2) is 24.3 Å². The van der Waals surface area contributed by atoms with E-state index in [9.17, 15) is 4.79 Å². The number of hydrogen-bond donors (Lipinski definition) is 0. The molecule has 18 heavy (non-hydrogen) atoms. The summed E-state index contributed by atoms with van der Waals surface area (Å²) in [5.41, 5.74) is 0.998. The van der Waals surface area contributed by atoms with Gasteiger partial charge in [0, 0.05) is 21.5 Å². The highest BCUT2D eigenvalue weighted by Crippen LogP contribution is 2.56. The third-order valence-electron chi connectivity index (χ3n) is 4.17. The second-order valence-electron chi connectivity index (χ2n) is 5.19. The summed E-state index contributed by atoms with van der Waals surface area (Å²) in [6.07, 6.45) is 0.897. The van der Waals surface area contributed by atoms with Gasteiger partial charge in [0.2, 0.25) is 0 Å². The molecule has 1 heterocycles. The average Bonchev–Trinajstić information content (AvgIpc) is 2.67. The summed E-state index contributed by atoms with van der Waals surface area (Å²) in [6.45, 7) is 5.95. The van der Waals surface area contributed by atoms with E-state index in [0.29, 0.717) is 16.3 Å². The first kappa shape index (κ1) is 13.5. The van der Waals surface area contributed by atoms with E-state index in [1.165, 1.54) is 5.56 Å². The fourth-order valence-electron chi connectivity index (χ4n) is 2.54. The number of thioether (sulfide) groups is 1. The molecule has 1 aliphatic rings. The summed E-state index contributed by atoms with van der Waals surface area (Å²) < 4.78 is 5.42. The van der Waals surface area contributed by atoms with Crippen molar-refractivity contribution in [2.24, 2.45) is 5.41 Å². The van der Waals surface area contributed by atoms with Crippen molar-refractivity contribution in [1.82, 2.24) is 0 Å². The predicted octanol–water partition coefficient (Wildman–Crippen LogP) is 3.86. The molecular formula is C15H20O2S. The van der Waals surface area contributed by atoms with Crippen molar-refractivity contribution in [3.8, 4) is 5.75 Å². The lowest BCUT2D eigenvalue weighted by Gasteiger charge is -2.24. The minimum absolute atomic E-state index is 0.212. The number of ether oxygens (including phenoxy) is 1. The van der Waals surface area contributed by atoms with Gasteiger partial charge in [0.05, 0.1) is 7.11 Å². The topological polar surface area (TPSA) is 26.3 Å². The van der Waals surface area contributed by atoms with Gasteiger partial charge in [-0.3, -0.25) is 4.79 Å². The normalized spacial score (nSPS) is 31.3. The number of carbonyl (C=O) groups is 1. The standard InChI is InChI=1S/C15H20O2S/c1-10(16)15(3)9-14(18-11(15)2)12-7-5-6-8-13(12)17-4/h5-8,11,14H,9H2,1-4H3/t11-,14-,15+/m0/s1. The summed E-state index contributed by atoms with van der Waals surface area (Å²) in [5, 5.41) is 0.704. The van der Waals surface area contributed by atoms with Gasteiger partial charge in [-0.05, 0) is 19.4 Å². The van der Waals surface area contributed by atoms with E-state index in [4.69, 9.17) is 4.74 Å². The summed E-state index contributed by atoms with van der Waals surface area (Å²) in [6, 6.07) is 8.11. The lowest BCUT2D eigenvalue weighted by atomic mass is 9.78. The average molecular weight is 264 g/mol. The van der Waals surface area contributed by atoms with Gasteiger partial charge in [-0.15, -0.1) is 11.8 Å². The van der Waals surface area contributed by atoms with Crippen LogP contribution in [0.1, 0.15) is 38.0 Å². The highest BCUT2D eigenvalue weighted by atomic mass is 32.2. The van der Waals surface area contributed by atoms with Crippen LogP contribution in [0.5, 0.6) is 5.75 Å². The Balaban J connectivity index is 2.30. The van der Waals surface area contributed by atoms with Crippen molar-refractivity contribution in [2.45, 2.75) is 37.7 Å². The Morgan fingerprint density at radius 2 is 2.11 bits per heavy atom. The Kier molecular flexibility index (Phi) is 3.71. The van der Waals surface area contributed by atoms with Crippen LogP contribution in [0.25, 0.3) is 0 Å². The summed E-state index contributed by atoms with van der Waals surface area (Å²) >= 11 is 1.88. The Morgan fingerprint density at radius 1 is 1.44 bits per heavy atom. The smallest absolute Gasteiger partial charge is 0.136 e. The van der Waals surface area contributed by atoms with Crippen LogP contribution in [0.4, 0.5) is 0 Å². The van der Waals surface area contributed by atoms with Gasteiger partial charge in [-0.1, -0.05) is 32.0 Å². The van der Waals surface area contributed by atoms with Crippen LogP contribution >= 0.6 is 11.8 Å². The zero-order valence-corrected chi connectivity index (χ0v) is 12.2. The molecule has 3 heteroatoms. The van der Waals surface area contributed by atoms with E-state index >= 15 is 0 Å². The third kappa shape index (κ3) is 2.16. The molecule has 2 rings (SSSR count). The van der Waals surface area contributed by atoms with E-state index in [-0.39, 0.29) is 5.41 Å². The first-order chi connectivity index (χ1) is 8.49. The molecule has 0 radical (unpaired) electrons. The Labute approximate surface area is 113 Å². The number of hydrogen-bond acceptors (Lipinski definition) is 3. The van der Waals surface area contributed by atoms with Crippen molar-refractivity contribution in [2.75, 3.05) is 7.11 Å². The first-order valence-electron chi connectivity index (χ1n) is 6.28. The van der Waals surface area contributed by atoms with Crippen LogP contribution < -0.4 is 4.74 Å². The van der Waals surface area contributed by atoms with E-state index in [0.717, 1.165) is 12.2 Å². The second-order valence-corrected chi connectivity index (χ2v) is 6.73. The Bertz CT molecular complexity index is 458. The third-order valence-corrected chi connectivity index (χ3v) is 5.84. The summed E-state index contributed by atoms with van der Waals surface area (Å²) in [5.74, 6) is 1.22. The molecule has 1 aromatic rings. The zero-order valence-electron chi connectivity index (χ0n) is 11.4. The van der Waals surface area contributed by atoms with Crippen LogP contribution in [-0.4, -0.2) is 18.1 Å². The van der Waals surface area contributed by atoms with Gasteiger partial charge >= 0.3 is 0 Å². The molecule has 0 aromatic heterocycles. The lowest BCUT2D eigenvalue weighted by Crippen LogP contribution is -2.30. The molecule has 3 atom stereocenters. The van der Waals surface area contributed by atoms with Crippen molar-refractivity contribution >= 4 is 17.5 Å². The van der Waals surface area contributed by atoms with E-state index in [1.807, 2.05) is 30.0 Å². The molecule has 0 N–H and O–H groups in total. The minimum atomic E-state index is -0.212. The molecule has 0 aliphatic carbocycles. The number of Topliss-reactive ketones (excluding diaryl/α,β-unsaturated/α-hetero) is 1. The maximum absolute atomic E-state index is 11.9. The fraction of sp³-hybridized carbons (Fsp3) is 0.533. The van der Waals surface area contributed by atoms with Gasteiger partial charge in [0.1, 0.15) is 11.5 Å². The minimum Gasteiger partial charge on any atom is -0.496 e. The van der Waals surface area contributed by atoms with Crippen LogP contribution in [0, 0.1) is 5.41 Å². The van der Waals surface area contributed by atoms with E-state index in [1.54, 1.807) is 14.0 Å². The number of carbonyl (C=O) groups excluding carboxylic acids is 1. The summed E-state index contributed by atoms with van der Waals surface area (Å²) in [4.78, 5) is 11.9. The highest BCUT2D eigenvalue weighted by Gasteiger charge is 2.46. The van der Waals surface area contributed by atoms with E-state index < -0.39 is 0 Å². The Morgan fingerprint density at radius 3 is 2.67 bits per heavy atom. The molecule has 0 bridgehead atoms. The molecule has 1 saturated heterocycles. The van der Waals surface area contributed by atoms with E-state index in [2.05, 4.69) is 19.9 Å². The van der Waals surface area contributed by atoms with Crippen molar-refractivity contribution in [1.29, 1.82) is 0 Å². The molecule has 0 amide bonds. The highest BCUT2D eigenvalue weighted by molar-refractivity contribution is 8.00. The quantitative estimate of drug-likeness (QED) is 0.829. The van der Waals surface area contributed by atoms with Gasteiger partial charge in [-0.2, -0.15) is 0 Å². The van der Waals surface area contributed by atoms with Crippen molar-refractivity contribution < 1.29 is 9.53 Å². The molecule has 1 aromatic carbocycles. The molecule has 2 nitrogen and oxygen atoms in total. The number of methoxy groups -OCH3 is 1. The zero-order chi connectivity index (χ0) is 13.3. The first-order valence-corrected chi connectivity index (χ1v) is 7.22. The molecule has 0 unspecified atom stereocenters. The molecule has 0 spiro atoms. The monoisotopic (exact) mass is 264 g/mol. The molecule has 1 aliphatic heterocycles. The largest absolute Gasteiger partial charge is 0.496 e. The number of para-hydroxylation sites is 1. The summed E-state index contributed by atoms with van der Waals surface area (Å²) in [7, 11) is 1.70. The predicted molar refractivity (Wildman–Crippen MR) is 76.2 cm³/mol. The molecular weight excluding hydrogens is 244 g/mol. The SMILES string of the molecule is COc1ccccc1[C@@H]1C[C@](C)(C(C)=O)[C@H](C)S1. The second kappa shape index (κ2) is 4.96. The molecule has 0 saturated carbocycles. The Hall–Kier alpha value is -0.960. The van der Waals surface area contributed by atoms with Crippen LogP contribution in [0.2, 0.25) is 0 Å². The van der Waals surface area contributed by atoms with Gasteiger partial charge in [-0.25, -0.2) is 0 Å². The number of ketones is 1. The van der Waals surface area contributed by atoms with Crippen molar-refractivity contribution in [3.05, 3.63) is 29.8 Å². The van der Waals surface area contributed by atoms with Crippen molar-refractivity contribution in [3.63, 3.8) is 0 Å².